The van der Waals surface area contributed by atoms with Crippen LogP contribution in [0.3, 0.4) is 0 Å². The van der Waals surface area contributed by atoms with E-state index in [1.807, 2.05) is 6.92 Å². The van der Waals surface area contributed by atoms with Crippen molar-refractivity contribution in [3.63, 3.8) is 0 Å². The number of hydrogen-bond donors (Lipinski definition) is 3. The number of nitrogens with one attached hydrogen (secondary N) is 1. The van der Waals surface area contributed by atoms with Gasteiger partial charge in [-0.2, -0.15) is 8.78 Å². The van der Waals surface area contributed by atoms with E-state index in [-0.39, 0.29) is 36.0 Å². The highest BCUT2D eigenvalue weighted by molar-refractivity contribution is 7.52. The van der Waals surface area contributed by atoms with Crippen LogP contribution in [0, 0.1) is 0 Å². The van der Waals surface area contributed by atoms with Crippen molar-refractivity contribution in [1.29, 1.82) is 0 Å². The van der Waals surface area contributed by atoms with Gasteiger partial charge in [0.15, 0.2) is 0 Å². The fourth-order valence-corrected chi connectivity index (χ4v) is 4.88. The molecule has 2 aliphatic rings. The fraction of sp³-hybridized carbons (Fsp3) is 0.500. The maximum Gasteiger partial charge on any atom is 0.399 e. The molecule has 34 heavy (non-hydrogen) atoms. The third-order valence-corrected chi connectivity index (χ3v) is 7.25. The van der Waals surface area contributed by atoms with Gasteiger partial charge in [0.1, 0.15) is 6.04 Å². The largest absolute Gasteiger partial charge is 0.399 e. The summed E-state index contributed by atoms with van der Waals surface area (Å²) in [5.74, 6) is -1.14. The SMILES string of the molecule is CC(=O)N1CC[C@H]2CC[C@@H](C)N2C(=O)[C@@H](NC(=O)/C=C/c2cccc(C(F)(F)P(=O)(O)O)c2)C1. The number of hydrogen-bond acceptors (Lipinski definition) is 4. The first-order chi connectivity index (χ1) is 15.8. The number of alkyl halides is 2. The van der Waals surface area contributed by atoms with Crippen LogP contribution < -0.4 is 5.32 Å². The third kappa shape index (κ3) is 5.54. The van der Waals surface area contributed by atoms with Gasteiger partial charge in [-0.15, -0.1) is 0 Å². The lowest BCUT2D eigenvalue weighted by atomic mass is 10.1. The second kappa shape index (κ2) is 9.93. The van der Waals surface area contributed by atoms with E-state index in [4.69, 9.17) is 9.79 Å². The van der Waals surface area contributed by atoms with Crippen LogP contribution in [0.2, 0.25) is 0 Å². The normalized spacial score (nSPS) is 24.1. The van der Waals surface area contributed by atoms with E-state index >= 15 is 0 Å². The average Bonchev–Trinajstić information content (AvgIpc) is 3.11. The van der Waals surface area contributed by atoms with Crippen LogP contribution in [0.25, 0.3) is 6.08 Å². The van der Waals surface area contributed by atoms with Gasteiger partial charge < -0.3 is 24.9 Å². The first-order valence-electron chi connectivity index (χ1n) is 10.9. The molecule has 2 aliphatic heterocycles. The van der Waals surface area contributed by atoms with E-state index in [0.29, 0.717) is 13.0 Å². The predicted molar refractivity (Wildman–Crippen MR) is 120 cm³/mol. The average molecular weight is 499 g/mol. The first kappa shape index (κ1) is 26.0. The lowest BCUT2D eigenvalue weighted by molar-refractivity contribution is -0.142. The Labute approximate surface area is 196 Å². The summed E-state index contributed by atoms with van der Waals surface area (Å²) in [5.41, 5.74) is -5.14. The van der Waals surface area contributed by atoms with Gasteiger partial charge in [-0.05, 0) is 43.9 Å². The molecule has 0 unspecified atom stereocenters. The summed E-state index contributed by atoms with van der Waals surface area (Å²) >= 11 is 0. The van der Waals surface area contributed by atoms with Crippen LogP contribution in [0.5, 0.6) is 0 Å². The maximum atomic E-state index is 14.0. The highest BCUT2D eigenvalue weighted by Gasteiger charge is 2.50. The number of benzene rings is 1. The summed E-state index contributed by atoms with van der Waals surface area (Å²) in [5, 5.41) is 2.61. The minimum absolute atomic E-state index is 0.00183. The predicted octanol–water partition coefficient (Wildman–Crippen LogP) is 2.04. The highest BCUT2D eigenvalue weighted by Crippen LogP contribution is 2.59. The molecular weight excluding hydrogens is 471 g/mol. The summed E-state index contributed by atoms with van der Waals surface area (Å²) in [6.45, 7) is 3.84. The van der Waals surface area contributed by atoms with Crippen LogP contribution in [-0.4, -0.2) is 68.5 Å². The van der Waals surface area contributed by atoms with Gasteiger partial charge >= 0.3 is 13.3 Å². The lowest BCUT2D eigenvalue weighted by Crippen LogP contribution is -2.58. The van der Waals surface area contributed by atoms with E-state index in [9.17, 15) is 27.7 Å². The smallest absolute Gasteiger partial charge is 0.340 e. The zero-order valence-electron chi connectivity index (χ0n) is 18.9. The minimum Gasteiger partial charge on any atom is -0.340 e. The number of carbonyl (C=O) groups is 3. The van der Waals surface area contributed by atoms with Crippen LogP contribution >= 0.6 is 7.60 Å². The van der Waals surface area contributed by atoms with Gasteiger partial charge in [0.25, 0.3) is 0 Å². The zero-order chi connectivity index (χ0) is 25.3. The monoisotopic (exact) mass is 499 g/mol. The summed E-state index contributed by atoms with van der Waals surface area (Å²) in [7, 11) is -5.73. The highest BCUT2D eigenvalue weighted by atomic mass is 31.2. The van der Waals surface area contributed by atoms with Crippen LogP contribution in [0.15, 0.2) is 30.3 Å². The Morgan fingerprint density at radius 3 is 2.59 bits per heavy atom. The number of halogens is 2. The van der Waals surface area contributed by atoms with Crippen LogP contribution in [0.4, 0.5) is 8.78 Å². The summed E-state index contributed by atoms with van der Waals surface area (Å²) in [6.07, 6.45) is 4.59. The van der Waals surface area contributed by atoms with Crippen molar-refractivity contribution in [1.82, 2.24) is 15.1 Å². The van der Waals surface area contributed by atoms with Gasteiger partial charge in [0, 0.05) is 43.7 Å². The molecule has 3 atom stereocenters. The van der Waals surface area contributed by atoms with Gasteiger partial charge in [0.2, 0.25) is 17.7 Å². The molecule has 3 amide bonds. The van der Waals surface area contributed by atoms with Crippen molar-refractivity contribution < 1.29 is 37.5 Å². The van der Waals surface area contributed by atoms with E-state index < -0.39 is 30.8 Å². The molecule has 2 fully saturated rings. The molecule has 1 aromatic carbocycles. The van der Waals surface area contributed by atoms with Crippen LogP contribution in [-0.2, 0) is 24.6 Å². The topological polar surface area (TPSA) is 127 Å². The molecule has 9 nitrogen and oxygen atoms in total. The van der Waals surface area contributed by atoms with Crippen molar-refractivity contribution in [2.24, 2.45) is 0 Å². The molecule has 0 bridgehead atoms. The van der Waals surface area contributed by atoms with E-state index in [1.54, 1.807) is 4.90 Å². The minimum atomic E-state index is -5.73. The summed E-state index contributed by atoms with van der Waals surface area (Å²) in [4.78, 5) is 58.9. The molecule has 0 aliphatic carbocycles. The number of rotatable bonds is 5. The van der Waals surface area contributed by atoms with Gasteiger partial charge in [-0.1, -0.05) is 18.2 Å². The van der Waals surface area contributed by atoms with Gasteiger partial charge in [0.05, 0.1) is 0 Å². The standard InChI is InChI=1S/C22H28F2N3O6P/c1-14-6-8-18-10-11-26(15(2)28)13-19(21(30)27(14)18)25-20(29)9-7-16-4-3-5-17(12-16)22(23,24)34(31,32)33/h3-5,7,9,12,14,18-19H,6,8,10-11,13H2,1-2H3,(H,25,29)(H2,31,32,33)/b9-7+/t14-,18-,19+/m1/s1. The lowest BCUT2D eigenvalue weighted by Gasteiger charge is -2.38. The molecule has 0 spiro atoms. The van der Waals surface area contributed by atoms with Crippen molar-refractivity contribution >= 4 is 31.4 Å². The molecule has 0 saturated carbocycles. The maximum absolute atomic E-state index is 14.0. The zero-order valence-corrected chi connectivity index (χ0v) is 19.8. The Morgan fingerprint density at radius 2 is 1.94 bits per heavy atom. The van der Waals surface area contributed by atoms with Crippen molar-refractivity contribution in [3.8, 4) is 0 Å². The Balaban J connectivity index is 1.77. The van der Waals surface area contributed by atoms with Crippen LogP contribution in [0.1, 0.15) is 44.2 Å². The Kier molecular flexibility index (Phi) is 7.59. The summed E-state index contributed by atoms with van der Waals surface area (Å²) < 4.78 is 39.0. The van der Waals surface area contributed by atoms with E-state index in [0.717, 1.165) is 31.1 Å². The third-order valence-electron chi connectivity index (χ3n) is 6.26. The number of nitrogens with zero attached hydrogens (tertiary/aromatic N) is 2. The first-order valence-corrected chi connectivity index (χ1v) is 12.5. The van der Waals surface area contributed by atoms with Gasteiger partial charge in [-0.25, -0.2) is 0 Å². The molecule has 3 rings (SSSR count). The van der Waals surface area contributed by atoms with E-state index in [1.165, 1.54) is 30.0 Å². The molecular formula is C22H28F2N3O6P. The molecule has 0 radical (unpaired) electrons. The molecule has 186 valence electrons. The number of fused-ring (bicyclic) bond motifs is 1. The molecule has 2 heterocycles. The second-order valence-electron chi connectivity index (χ2n) is 8.68. The Morgan fingerprint density at radius 1 is 1.24 bits per heavy atom. The van der Waals surface area contributed by atoms with Crippen molar-refractivity contribution in [2.45, 2.75) is 56.9 Å². The summed E-state index contributed by atoms with van der Waals surface area (Å²) in [6, 6.07) is 3.39. The molecule has 0 aromatic heterocycles. The molecule has 1 aromatic rings. The Bertz CT molecular complexity index is 1040. The van der Waals surface area contributed by atoms with E-state index in [2.05, 4.69) is 5.32 Å². The van der Waals surface area contributed by atoms with Crippen molar-refractivity contribution in [2.75, 3.05) is 13.1 Å². The number of carbonyl (C=O) groups excluding carboxylic acids is 3. The quantitative estimate of drug-likeness (QED) is 0.420. The van der Waals surface area contributed by atoms with Crippen molar-refractivity contribution in [3.05, 3.63) is 41.5 Å². The second-order valence-corrected chi connectivity index (χ2v) is 10.3. The van der Waals surface area contributed by atoms with Gasteiger partial charge in [-0.3, -0.25) is 18.9 Å². The molecule has 3 N–H and O–H groups in total. The molecule has 12 heteroatoms. The Hall–Kier alpha value is -2.62. The number of amides is 3. The molecule has 2 saturated heterocycles. The fourth-order valence-electron chi connectivity index (χ4n) is 4.41.